The van der Waals surface area contributed by atoms with Crippen LogP contribution in [-0.2, 0) is 4.74 Å². The van der Waals surface area contributed by atoms with Crippen LogP contribution in [0.3, 0.4) is 0 Å². The molecule has 0 heterocycles. The van der Waals surface area contributed by atoms with Crippen LogP contribution < -0.4 is 5.32 Å². The maximum absolute atomic E-state index is 5.55. The highest BCUT2D eigenvalue weighted by molar-refractivity contribution is 4.75. The zero-order chi connectivity index (χ0) is 10.2. The molecule has 1 rings (SSSR count). The molecule has 2 heteroatoms. The van der Waals surface area contributed by atoms with Crippen LogP contribution in [0.4, 0.5) is 0 Å². The van der Waals surface area contributed by atoms with Gasteiger partial charge in [-0.15, -0.1) is 0 Å². The molecule has 1 aliphatic rings. The molecular weight excluding hydrogens is 174 g/mol. The van der Waals surface area contributed by atoms with Crippen molar-refractivity contribution in [1.29, 1.82) is 0 Å². The Bertz CT molecular complexity index is 138. The fourth-order valence-corrected chi connectivity index (χ4v) is 2.52. The zero-order valence-corrected chi connectivity index (χ0v) is 9.72. The number of methoxy groups -OCH3 is 1. The molecule has 84 valence electrons. The van der Waals surface area contributed by atoms with Crippen molar-refractivity contribution in [2.75, 3.05) is 20.7 Å². The summed E-state index contributed by atoms with van der Waals surface area (Å²) in [5, 5.41) is 3.20. The number of rotatable bonds is 6. The Labute approximate surface area is 88.4 Å². The van der Waals surface area contributed by atoms with Crippen molar-refractivity contribution < 1.29 is 4.74 Å². The summed E-state index contributed by atoms with van der Waals surface area (Å²) in [4.78, 5) is 0. The van der Waals surface area contributed by atoms with Gasteiger partial charge in [-0.3, -0.25) is 0 Å². The molecular formula is C12H25NO. The van der Waals surface area contributed by atoms with Gasteiger partial charge in [-0.05, 0) is 45.2 Å². The molecule has 14 heavy (non-hydrogen) atoms. The first-order chi connectivity index (χ1) is 6.88. The first-order valence-electron chi connectivity index (χ1n) is 6.06. The Morgan fingerprint density at radius 3 is 2.71 bits per heavy atom. The number of hydrogen-bond donors (Lipinski definition) is 1. The molecule has 0 aromatic carbocycles. The Morgan fingerprint density at radius 2 is 2.00 bits per heavy atom. The van der Waals surface area contributed by atoms with Crippen LogP contribution in [0.15, 0.2) is 0 Å². The van der Waals surface area contributed by atoms with Crippen molar-refractivity contribution in [3.8, 4) is 0 Å². The molecule has 0 bridgehead atoms. The van der Waals surface area contributed by atoms with Crippen LogP contribution in [-0.4, -0.2) is 26.8 Å². The lowest BCUT2D eigenvalue weighted by molar-refractivity contribution is 0.0195. The molecule has 0 saturated heterocycles. The molecule has 1 aliphatic carbocycles. The van der Waals surface area contributed by atoms with Gasteiger partial charge in [0, 0.05) is 7.11 Å². The van der Waals surface area contributed by atoms with Crippen LogP contribution in [0, 0.1) is 5.92 Å². The van der Waals surface area contributed by atoms with Gasteiger partial charge in [0.15, 0.2) is 0 Å². The predicted molar refractivity (Wildman–Crippen MR) is 60.5 cm³/mol. The van der Waals surface area contributed by atoms with Gasteiger partial charge in [0.25, 0.3) is 0 Å². The molecule has 0 aliphatic heterocycles. The lowest BCUT2D eigenvalue weighted by Gasteiger charge is -2.30. The third kappa shape index (κ3) is 3.97. The monoisotopic (exact) mass is 199 g/mol. The van der Waals surface area contributed by atoms with Crippen molar-refractivity contribution in [1.82, 2.24) is 5.32 Å². The fourth-order valence-electron chi connectivity index (χ4n) is 2.52. The van der Waals surface area contributed by atoms with E-state index in [0.29, 0.717) is 6.10 Å². The lowest BCUT2D eigenvalue weighted by atomic mass is 9.83. The standard InChI is InChI=1S/C12H25NO/c1-13-10-6-5-8-11-7-3-4-9-12(11)14-2/h11-13H,3-10H2,1-2H3. The third-order valence-corrected chi connectivity index (χ3v) is 3.39. The molecule has 1 fully saturated rings. The highest BCUT2D eigenvalue weighted by atomic mass is 16.5. The van der Waals surface area contributed by atoms with E-state index in [1.807, 2.05) is 14.2 Å². The van der Waals surface area contributed by atoms with Crippen molar-refractivity contribution in [3.63, 3.8) is 0 Å². The van der Waals surface area contributed by atoms with E-state index < -0.39 is 0 Å². The van der Waals surface area contributed by atoms with Gasteiger partial charge in [-0.1, -0.05) is 19.3 Å². The average Bonchev–Trinajstić information content (AvgIpc) is 2.25. The lowest BCUT2D eigenvalue weighted by Crippen LogP contribution is -2.26. The second-order valence-electron chi connectivity index (χ2n) is 4.42. The number of nitrogens with one attached hydrogen (secondary N) is 1. The molecule has 2 nitrogen and oxygen atoms in total. The van der Waals surface area contributed by atoms with Crippen molar-refractivity contribution in [2.24, 2.45) is 5.92 Å². The molecule has 0 aromatic rings. The Kier molecular flexibility index (Phi) is 6.20. The van der Waals surface area contributed by atoms with Crippen LogP contribution in [0.1, 0.15) is 44.9 Å². The molecule has 0 amide bonds. The number of unbranched alkanes of at least 4 members (excludes halogenated alkanes) is 1. The summed E-state index contributed by atoms with van der Waals surface area (Å²) in [6.07, 6.45) is 10.0. The molecule has 1 N–H and O–H groups in total. The van der Waals surface area contributed by atoms with Crippen LogP contribution >= 0.6 is 0 Å². The molecule has 1 saturated carbocycles. The summed E-state index contributed by atoms with van der Waals surface area (Å²) in [6.45, 7) is 1.16. The molecule has 2 unspecified atom stereocenters. The van der Waals surface area contributed by atoms with E-state index in [1.54, 1.807) is 0 Å². The molecule has 2 atom stereocenters. The van der Waals surface area contributed by atoms with Crippen LogP contribution in [0.2, 0.25) is 0 Å². The first-order valence-corrected chi connectivity index (χ1v) is 6.06. The largest absolute Gasteiger partial charge is 0.381 e. The first kappa shape index (κ1) is 12.0. The average molecular weight is 199 g/mol. The summed E-state index contributed by atoms with van der Waals surface area (Å²) >= 11 is 0. The van der Waals surface area contributed by atoms with Crippen LogP contribution in [0.5, 0.6) is 0 Å². The van der Waals surface area contributed by atoms with Crippen LogP contribution in [0.25, 0.3) is 0 Å². The minimum atomic E-state index is 0.554. The predicted octanol–water partition coefficient (Wildman–Crippen LogP) is 2.58. The van der Waals surface area contributed by atoms with E-state index in [-0.39, 0.29) is 0 Å². The van der Waals surface area contributed by atoms with Gasteiger partial charge in [0.2, 0.25) is 0 Å². The van der Waals surface area contributed by atoms with Gasteiger partial charge >= 0.3 is 0 Å². The topological polar surface area (TPSA) is 21.3 Å². The minimum absolute atomic E-state index is 0.554. The van der Waals surface area contributed by atoms with Gasteiger partial charge in [0.1, 0.15) is 0 Å². The molecule has 0 spiro atoms. The normalized spacial score (nSPS) is 27.9. The third-order valence-electron chi connectivity index (χ3n) is 3.39. The Morgan fingerprint density at radius 1 is 1.21 bits per heavy atom. The number of hydrogen-bond acceptors (Lipinski definition) is 2. The SMILES string of the molecule is CNCCCCC1CCCCC1OC. The zero-order valence-electron chi connectivity index (χ0n) is 9.72. The Hall–Kier alpha value is -0.0800. The van der Waals surface area contributed by atoms with Gasteiger partial charge in [-0.2, -0.15) is 0 Å². The van der Waals surface area contributed by atoms with Crippen molar-refractivity contribution in [3.05, 3.63) is 0 Å². The number of ether oxygens (including phenoxy) is 1. The molecule has 0 aromatic heterocycles. The maximum atomic E-state index is 5.55. The Balaban J connectivity index is 2.13. The van der Waals surface area contributed by atoms with E-state index in [0.717, 1.165) is 12.5 Å². The highest BCUT2D eigenvalue weighted by Gasteiger charge is 2.23. The minimum Gasteiger partial charge on any atom is -0.381 e. The van der Waals surface area contributed by atoms with Crippen molar-refractivity contribution >= 4 is 0 Å². The summed E-state index contributed by atoms with van der Waals surface area (Å²) in [5.74, 6) is 0.839. The van der Waals surface area contributed by atoms with E-state index >= 15 is 0 Å². The summed E-state index contributed by atoms with van der Waals surface area (Å²) in [7, 11) is 3.90. The van der Waals surface area contributed by atoms with Crippen molar-refractivity contribution in [2.45, 2.75) is 51.0 Å². The second-order valence-corrected chi connectivity index (χ2v) is 4.42. The quantitative estimate of drug-likeness (QED) is 0.664. The second kappa shape index (κ2) is 7.24. The van der Waals surface area contributed by atoms with E-state index in [4.69, 9.17) is 4.74 Å². The maximum Gasteiger partial charge on any atom is 0.0599 e. The van der Waals surface area contributed by atoms with Gasteiger partial charge in [0.05, 0.1) is 6.10 Å². The summed E-state index contributed by atoms with van der Waals surface area (Å²) in [6, 6.07) is 0. The van der Waals surface area contributed by atoms with E-state index in [1.165, 1.54) is 44.9 Å². The highest BCUT2D eigenvalue weighted by Crippen LogP contribution is 2.30. The fraction of sp³-hybridized carbons (Fsp3) is 1.00. The summed E-state index contributed by atoms with van der Waals surface area (Å²) < 4.78 is 5.55. The molecule has 0 radical (unpaired) electrons. The smallest absolute Gasteiger partial charge is 0.0599 e. The van der Waals surface area contributed by atoms with E-state index in [9.17, 15) is 0 Å². The van der Waals surface area contributed by atoms with E-state index in [2.05, 4.69) is 5.32 Å². The summed E-state index contributed by atoms with van der Waals surface area (Å²) in [5.41, 5.74) is 0. The van der Waals surface area contributed by atoms with Gasteiger partial charge < -0.3 is 10.1 Å². The van der Waals surface area contributed by atoms with Gasteiger partial charge in [-0.25, -0.2) is 0 Å².